The number of ketones is 1. The number of allylic oxidation sites excluding steroid dienone is 1. The molecule has 0 saturated carbocycles. The molecule has 1 N–H and O–H groups in total. The first kappa shape index (κ1) is 23.3. The summed E-state index contributed by atoms with van der Waals surface area (Å²) in [4.78, 5) is 13.8. The molecule has 0 aliphatic heterocycles. The molecule has 166 valence electrons. The van der Waals surface area contributed by atoms with E-state index >= 15 is 0 Å². The number of benzene rings is 2. The highest BCUT2D eigenvalue weighted by Crippen LogP contribution is 2.54. The van der Waals surface area contributed by atoms with E-state index in [0.717, 1.165) is 22.4 Å². The average molecular weight is 421 g/mol. The van der Waals surface area contributed by atoms with Crippen molar-refractivity contribution in [2.24, 2.45) is 16.7 Å². The fraction of sp³-hybridized carbons (Fsp3) is 0.464. The van der Waals surface area contributed by atoms with E-state index in [4.69, 9.17) is 4.74 Å². The second-order valence-corrected chi connectivity index (χ2v) is 10.8. The number of rotatable bonds is 4. The summed E-state index contributed by atoms with van der Waals surface area (Å²) in [5, 5.41) is 12.2. The van der Waals surface area contributed by atoms with Gasteiger partial charge in [-0.3, -0.25) is 4.79 Å². The molecule has 0 heterocycles. The van der Waals surface area contributed by atoms with Crippen LogP contribution in [-0.2, 0) is 4.79 Å². The summed E-state index contributed by atoms with van der Waals surface area (Å²) in [6.07, 6.45) is 2.66. The van der Waals surface area contributed by atoms with Crippen LogP contribution in [0.3, 0.4) is 0 Å². The number of carbonyl (C=O) groups is 1. The van der Waals surface area contributed by atoms with Crippen molar-refractivity contribution in [1.29, 1.82) is 0 Å². The van der Waals surface area contributed by atoms with Crippen molar-refractivity contribution in [3.63, 3.8) is 0 Å². The van der Waals surface area contributed by atoms with E-state index in [0.29, 0.717) is 6.42 Å². The van der Waals surface area contributed by atoms with Gasteiger partial charge in [0.15, 0.2) is 0 Å². The number of hydrogen-bond donors (Lipinski definition) is 1. The molecule has 1 aliphatic rings. The zero-order chi connectivity index (χ0) is 23.0. The van der Waals surface area contributed by atoms with Crippen molar-refractivity contribution < 1.29 is 14.6 Å². The summed E-state index contributed by atoms with van der Waals surface area (Å²) in [6, 6.07) is 18.1. The van der Waals surface area contributed by atoms with Gasteiger partial charge in [0.1, 0.15) is 11.5 Å². The number of ether oxygens (including phenoxy) is 1. The molecule has 0 fully saturated rings. The van der Waals surface area contributed by atoms with Gasteiger partial charge in [-0.1, -0.05) is 84.0 Å². The lowest BCUT2D eigenvalue weighted by atomic mass is 9.55. The molecular weight excluding hydrogens is 384 g/mol. The minimum Gasteiger partial charge on any atom is -0.497 e. The maximum atomic E-state index is 13.8. The van der Waals surface area contributed by atoms with Gasteiger partial charge in [-0.05, 0) is 46.7 Å². The van der Waals surface area contributed by atoms with Gasteiger partial charge in [0, 0.05) is 11.3 Å². The van der Waals surface area contributed by atoms with Crippen LogP contribution in [0.4, 0.5) is 0 Å². The van der Waals surface area contributed by atoms with Crippen LogP contribution in [0.5, 0.6) is 5.75 Å². The molecule has 0 saturated heterocycles. The van der Waals surface area contributed by atoms with Crippen LogP contribution in [0.25, 0.3) is 5.57 Å². The van der Waals surface area contributed by atoms with E-state index in [9.17, 15) is 9.90 Å². The molecule has 0 radical (unpaired) electrons. The van der Waals surface area contributed by atoms with Crippen LogP contribution in [0, 0.1) is 16.7 Å². The van der Waals surface area contributed by atoms with Crippen molar-refractivity contribution in [1.82, 2.24) is 0 Å². The molecule has 0 bridgehead atoms. The Kier molecular flexibility index (Phi) is 6.21. The van der Waals surface area contributed by atoms with Crippen molar-refractivity contribution in [3.8, 4) is 5.75 Å². The van der Waals surface area contributed by atoms with Crippen LogP contribution < -0.4 is 4.74 Å². The Balaban J connectivity index is 2.24. The minimum atomic E-state index is -1.29. The zero-order valence-corrected chi connectivity index (χ0v) is 19.9. The summed E-state index contributed by atoms with van der Waals surface area (Å²) < 4.78 is 5.34. The summed E-state index contributed by atoms with van der Waals surface area (Å²) >= 11 is 0. The number of methoxy groups -OCH3 is 1. The first-order valence-corrected chi connectivity index (χ1v) is 11.1. The number of Topliss-reactive ketones (excluding diaryl/α,β-unsaturated/α-hetero) is 1. The Bertz CT molecular complexity index is 942. The van der Waals surface area contributed by atoms with Gasteiger partial charge in [-0.25, -0.2) is 0 Å². The molecule has 31 heavy (non-hydrogen) atoms. The molecule has 0 unspecified atom stereocenters. The van der Waals surface area contributed by atoms with Crippen LogP contribution in [0.2, 0.25) is 0 Å². The van der Waals surface area contributed by atoms with Gasteiger partial charge in [0.2, 0.25) is 0 Å². The summed E-state index contributed by atoms with van der Waals surface area (Å²) in [6.45, 7) is 11.9. The molecule has 0 spiro atoms. The average Bonchev–Trinajstić information content (AvgIpc) is 2.72. The Labute approximate surface area is 187 Å². The fourth-order valence-corrected chi connectivity index (χ4v) is 4.62. The molecule has 3 nitrogen and oxygen atoms in total. The second kappa shape index (κ2) is 8.27. The third-order valence-electron chi connectivity index (χ3n) is 6.62. The van der Waals surface area contributed by atoms with Crippen molar-refractivity contribution in [2.45, 2.75) is 59.5 Å². The highest BCUT2D eigenvalue weighted by atomic mass is 16.5. The SMILES string of the molecule is COc1ccc([C@@H]2CC(c3ccccc3)=C[C@@](O)(C(C)(C)C)[C@H]2C(=O)C(C)(C)C)cc1. The summed E-state index contributed by atoms with van der Waals surface area (Å²) in [5.74, 6) is 0.188. The zero-order valence-electron chi connectivity index (χ0n) is 19.9. The monoisotopic (exact) mass is 420 g/mol. The molecule has 0 amide bonds. The predicted molar refractivity (Wildman–Crippen MR) is 127 cm³/mol. The largest absolute Gasteiger partial charge is 0.497 e. The number of carbonyl (C=O) groups excluding carboxylic acids is 1. The molecule has 1 aliphatic carbocycles. The molecule has 2 aromatic carbocycles. The Morgan fingerprint density at radius 3 is 2.03 bits per heavy atom. The van der Waals surface area contributed by atoms with Gasteiger partial charge in [-0.15, -0.1) is 0 Å². The maximum absolute atomic E-state index is 13.8. The van der Waals surface area contributed by atoms with Crippen LogP contribution in [0.15, 0.2) is 60.7 Å². The minimum absolute atomic E-state index is 0.0918. The van der Waals surface area contributed by atoms with E-state index < -0.39 is 22.3 Å². The molecule has 2 aromatic rings. The first-order valence-electron chi connectivity index (χ1n) is 11.1. The summed E-state index contributed by atoms with van der Waals surface area (Å²) in [7, 11) is 1.65. The number of hydrogen-bond acceptors (Lipinski definition) is 3. The lowest BCUT2D eigenvalue weighted by Gasteiger charge is -2.51. The Morgan fingerprint density at radius 2 is 1.55 bits per heavy atom. The predicted octanol–water partition coefficient (Wildman–Crippen LogP) is 6.27. The Morgan fingerprint density at radius 1 is 0.968 bits per heavy atom. The van der Waals surface area contributed by atoms with Crippen LogP contribution >= 0.6 is 0 Å². The van der Waals surface area contributed by atoms with Gasteiger partial charge < -0.3 is 9.84 Å². The van der Waals surface area contributed by atoms with E-state index in [-0.39, 0.29) is 11.7 Å². The lowest BCUT2D eigenvalue weighted by molar-refractivity contribution is -0.147. The molecular formula is C28H36O3. The van der Waals surface area contributed by atoms with Crippen molar-refractivity contribution >= 4 is 11.4 Å². The van der Waals surface area contributed by atoms with Gasteiger partial charge in [-0.2, -0.15) is 0 Å². The highest BCUT2D eigenvalue weighted by Gasteiger charge is 2.55. The topological polar surface area (TPSA) is 46.5 Å². The third kappa shape index (κ3) is 4.48. The van der Waals surface area contributed by atoms with Gasteiger partial charge in [0.25, 0.3) is 0 Å². The van der Waals surface area contributed by atoms with Gasteiger partial charge >= 0.3 is 0 Å². The fourth-order valence-electron chi connectivity index (χ4n) is 4.62. The standard InChI is InChI=1S/C28H36O3/c1-26(2,3)25(29)24-23(20-13-15-22(31-7)16-14-20)17-21(19-11-9-8-10-12-19)18-28(24,30)27(4,5)6/h8-16,18,23-24,30H,17H2,1-7H3/t23-,24+,28-/m0/s1. The molecule has 0 aromatic heterocycles. The van der Waals surface area contributed by atoms with E-state index in [2.05, 4.69) is 12.1 Å². The Hall–Kier alpha value is -2.39. The van der Waals surface area contributed by atoms with Crippen LogP contribution in [0.1, 0.15) is 65.0 Å². The second-order valence-electron chi connectivity index (χ2n) is 10.8. The molecule has 3 heteroatoms. The van der Waals surface area contributed by atoms with E-state index in [1.54, 1.807) is 7.11 Å². The quantitative estimate of drug-likeness (QED) is 0.634. The van der Waals surface area contributed by atoms with Crippen LogP contribution in [-0.4, -0.2) is 23.6 Å². The number of aliphatic hydroxyl groups is 1. The maximum Gasteiger partial charge on any atom is 0.145 e. The van der Waals surface area contributed by atoms with Gasteiger partial charge in [0.05, 0.1) is 18.6 Å². The van der Waals surface area contributed by atoms with Crippen molar-refractivity contribution in [2.75, 3.05) is 7.11 Å². The first-order chi connectivity index (χ1) is 14.4. The molecule has 3 rings (SSSR count). The summed E-state index contributed by atoms with van der Waals surface area (Å²) in [5.41, 5.74) is 0.844. The van der Waals surface area contributed by atoms with Crippen molar-refractivity contribution in [3.05, 3.63) is 71.8 Å². The highest BCUT2D eigenvalue weighted by molar-refractivity contribution is 5.90. The normalized spacial score (nSPS) is 24.5. The molecule has 3 atom stereocenters. The smallest absolute Gasteiger partial charge is 0.145 e. The lowest BCUT2D eigenvalue weighted by Crippen LogP contribution is -2.56. The third-order valence-corrected chi connectivity index (χ3v) is 6.62. The van der Waals surface area contributed by atoms with E-state index in [1.165, 1.54) is 0 Å². The van der Waals surface area contributed by atoms with E-state index in [1.807, 2.05) is 90.1 Å².